The Balaban J connectivity index is 2.25. The van der Waals surface area contributed by atoms with Crippen molar-refractivity contribution >= 4 is 0 Å². The molecule has 0 aliphatic rings. The number of benzene rings is 1. The van der Waals surface area contributed by atoms with Gasteiger partial charge in [0, 0.05) is 12.2 Å². The van der Waals surface area contributed by atoms with Crippen LogP contribution >= 0.6 is 0 Å². The minimum absolute atomic E-state index is 0.0256. The van der Waals surface area contributed by atoms with Crippen molar-refractivity contribution in [3.8, 4) is 23.0 Å². The van der Waals surface area contributed by atoms with Gasteiger partial charge in [-0.25, -0.2) is 0 Å². The van der Waals surface area contributed by atoms with Gasteiger partial charge < -0.3 is 19.1 Å². The summed E-state index contributed by atoms with van der Waals surface area (Å²) in [7, 11) is 1.49. The van der Waals surface area contributed by atoms with Gasteiger partial charge in [-0.1, -0.05) is 5.16 Å². The number of methoxy groups -OCH3 is 1. The van der Waals surface area contributed by atoms with Gasteiger partial charge in [-0.15, -0.1) is 0 Å². The first-order valence-corrected chi connectivity index (χ1v) is 5.98. The maximum atomic E-state index is 9.71. The SMILES string of the molecule is CCOC(C)c1noc(-c2ccc(OC)c(O)c2)n1. The van der Waals surface area contributed by atoms with E-state index in [2.05, 4.69) is 10.1 Å². The van der Waals surface area contributed by atoms with Crippen molar-refractivity contribution < 1.29 is 19.1 Å². The molecule has 0 aliphatic heterocycles. The number of hydrogen-bond acceptors (Lipinski definition) is 6. The van der Waals surface area contributed by atoms with E-state index < -0.39 is 0 Å². The molecule has 1 unspecified atom stereocenters. The highest BCUT2D eigenvalue weighted by atomic mass is 16.5. The molecule has 19 heavy (non-hydrogen) atoms. The summed E-state index contributed by atoms with van der Waals surface area (Å²) in [6.45, 7) is 4.33. The summed E-state index contributed by atoms with van der Waals surface area (Å²) >= 11 is 0. The van der Waals surface area contributed by atoms with Crippen LogP contribution in [0.1, 0.15) is 25.8 Å². The van der Waals surface area contributed by atoms with Crippen LogP contribution in [0.5, 0.6) is 11.5 Å². The minimum Gasteiger partial charge on any atom is -0.504 e. The quantitative estimate of drug-likeness (QED) is 0.894. The molecule has 2 rings (SSSR count). The fourth-order valence-corrected chi connectivity index (χ4v) is 1.66. The van der Waals surface area contributed by atoms with Crippen LogP contribution in [0.25, 0.3) is 11.5 Å². The first-order chi connectivity index (χ1) is 9.15. The molecule has 1 N–H and O–H groups in total. The van der Waals surface area contributed by atoms with Crippen LogP contribution < -0.4 is 4.74 Å². The molecule has 1 heterocycles. The van der Waals surface area contributed by atoms with E-state index in [1.165, 1.54) is 13.2 Å². The van der Waals surface area contributed by atoms with Crippen LogP contribution in [0.2, 0.25) is 0 Å². The summed E-state index contributed by atoms with van der Waals surface area (Å²) in [5, 5.41) is 13.6. The monoisotopic (exact) mass is 264 g/mol. The lowest BCUT2D eigenvalue weighted by Crippen LogP contribution is -2.01. The summed E-state index contributed by atoms with van der Waals surface area (Å²) in [5.41, 5.74) is 0.626. The van der Waals surface area contributed by atoms with E-state index in [0.717, 1.165) is 0 Å². The highest BCUT2D eigenvalue weighted by Crippen LogP contribution is 2.31. The molecule has 0 amide bonds. The van der Waals surface area contributed by atoms with Gasteiger partial charge in [0.1, 0.15) is 6.10 Å². The molecule has 0 radical (unpaired) electrons. The smallest absolute Gasteiger partial charge is 0.258 e. The number of hydrogen-bond donors (Lipinski definition) is 1. The highest BCUT2D eigenvalue weighted by Gasteiger charge is 2.15. The summed E-state index contributed by atoms with van der Waals surface area (Å²) < 4.78 is 15.5. The fraction of sp³-hybridized carbons (Fsp3) is 0.385. The number of aromatic hydroxyl groups is 1. The second-order valence-corrected chi connectivity index (χ2v) is 3.94. The Morgan fingerprint density at radius 2 is 2.21 bits per heavy atom. The zero-order chi connectivity index (χ0) is 13.8. The predicted octanol–water partition coefficient (Wildman–Crippen LogP) is 2.55. The second kappa shape index (κ2) is 5.71. The molecule has 2 aromatic rings. The molecule has 0 saturated heterocycles. The Bertz CT molecular complexity index is 553. The van der Waals surface area contributed by atoms with E-state index in [1.807, 2.05) is 13.8 Å². The van der Waals surface area contributed by atoms with Crippen molar-refractivity contribution in [2.75, 3.05) is 13.7 Å². The van der Waals surface area contributed by atoms with E-state index >= 15 is 0 Å². The largest absolute Gasteiger partial charge is 0.504 e. The van der Waals surface area contributed by atoms with Gasteiger partial charge in [-0.05, 0) is 32.0 Å². The summed E-state index contributed by atoms with van der Waals surface area (Å²) in [5.74, 6) is 1.23. The van der Waals surface area contributed by atoms with Crippen LogP contribution in [-0.2, 0) is 4.74 Å². The number of aromatic nitrogens is 2. The first-order valence-electron chi connectivity index (χ1n) is 5.98. The molecular formula is C13H16N2O4. The molecule has 1 aromatic heterocycles. The van der Waals surface area contributed by atoms with Crippen LogP contribution in [-0.4, -0.2) is 29.0 Å². The highest BCUT2D eigenvalue weighted by molar-refractivity contribution is 5.59. The molecule has 0 fully saturated rings. The minimum atomic E-state index is -0.227. The number of rotatable bonds is 5. The lowest BCUT2D eigenvalue weighted by Gasteiger charge is -2.05. The van der Waals surface area contributed by atoms with E-state index in [-0.39, 0.29) is 11.9 Å². The number of nitrogens with zero attached hydrogens (tertiary/aromatic N) is 2. The molecule has 0 aliphatic carbocycles. The Morgan fingerprint density at radius 3 is 2.84 bits per heavy atom. The second-order valence-electron chi connectivity index (χ2n) is 3.94. The average molecular weight is 264 g/mol. The standard InChI is InChI=1S/C13H16N2O4/c1-4-18-8(2)12-14-13(19-15-12)9-5-6-11(17-3)10(16)7-9/h5-8,16H,4H2,1-3H3. The van der Waals surface area contributed by atoms with Crippen molar-refractivity contribution in [1.29, 1.82) is 0 Å². The Kier molecular flexibility index (Phi) is 4.01. The summed E-state index contributed by atoms with van der Waals surface area (Å²) in [6, 6.07) is 4.89. The average Bonchev–Trinajstić information content (AvgIpc) is 2.88. The molecule has 102 valence electrons. The zero-order valence-corrected chi connectivity index (χ0v) is 11.1. The molecule has 1 atom stereocenters. The normalized spacial score (nSPS) is 12.4. The number of phenolic OH excluding ortho intramolecular Hbond substituents is 1. The molecule has 0 spiro atoms. The molecule has 6 heteroatoms. The van der Waals surface area contributed by atoms with E-state index in [4.69, 9.17) is 14.0 Å². The van der Waals surface area contributed by atoms with Crippen molar-refractivity contribution in [1.82, 2.24) is 10.1 Å². The third kappa shape index (κ3) is 2.85. The zero-order valence-electron chi connectivity index (χ0n) is 11.1. The van der Waals surface area contributed by atoms with E-state index in [0.29, 0.717) is 29.6 Å². The lowest BCUT2D eigenvalue weighted by molar-refractivity contribution is 0.0683. The van der Waals surface area contributed by atoms with Crippen LogP contribution in [0.3, 0.4) is 0 Å². The van der Waals surface area contributed by atoms with Crippen molar-refractivity contribution in [3.05, 3.63) is 24.0 Å². The van der Waals surface area contributed by atoms with E-state index in [1.54, 1.807) is 12.1 Å². The maximum absolute atomic E-state index is 9.71. The third-order valence-corrected chi connectivity index (χ3v) is 2.65. The van der Waals surface area contributed by atoms with Gasteiger partial charge in [0.05, 0.1) is 7.11 Å². The molecule has 0 saturated carbocycles. The topological polar surface area (TPSA) is 77.6 Å². The Hall–Kier alpha value is -2.08. The van der Waals surface area contributed by atoms with Crippen LogP contribution in [0.4, 0.5) is 0 Å². The van der Waals surface area contributed by atoms with Crippen molar-refractivity contribution in [3.63, 3.8) is 0 Å². The van der Waals surface area contributed by atoms with Crippen LogP contribution in [0.15, 0.2) is 22.7 Å². The van der Waals surface area contributed by atoms with Crippen molar-refractivity contribution in [2.24, 2.45) is 0 Å². The van der Waals surface area contributed by atoms with Crippen LogP contribution in [0, 0.1) is 0 Å². The van der Waals surface area contributed by atoms with Gasteiger partial charge in [0.25, 0.3) is 5.89 Å². The van der Waals surface area contributed by atoms with Gasteiger partial charge in [0.15, 0.2) is 11.5 Å². The molecule has 1 aromatic carbocycles. The van der Waals surface area contributed by atoms with Gasteiger partial charge in [-0.3, -0.25) is 0 Å². The molecule has 6 nitrogen and oxygen atoms in total. The molecular weight excluding hydrogens is 248 g/mol. The van der Waals surface area contributed by atoms with Gasteiger partial charge >= 0.3 is 0 Å². The fourth-order valence-electron chi connectivity index (χ4n) is 1.66. The lowest BCUT2D eigenvalue weighted by atomic mass is 10.2. The Labute approximate surface area is 111 Å². The first kappa shape index (κ1) is 13.4. The van der Waals surface area contributed by atoms with Gasteiger partial charge in [-0.2, -0.15) is 4.98 Å². The summed E-state index contributed by atoms with van der Waals surface area (Å²) in [4.78, 5) is 4.24. The van der Waals surface area contributed by atoms with Crippen molar-refractivity contribution in [2.45, 2.75) is 20.0 Å². The predicted molar refractivity (Wildman–Crippen MR) is 68.0 cm³/mol. The Morgan fingerprint density at radius 1 is 1.42 bits per heavy atom. The summed E-state index contributed by atoms with van der Waals surface area (Å²) in [6.07, 6.45) is -0.227. The van der Waals surface area contributed by atoms with E-state index in [9.17, 15) is 5.11 Å². The maximum Gasteiger partial charge on any atom is 0.258 e. The number of ether oxygens (including phenoxy) is 2. The molecule has 0 bridgehead atoms. The third-order valence-electron chi connectivity index (χ3n) is 2.65. The van der Waals surface area contributed by atoms with Gasteiger partial charge in [0.2, 0.25) is 5.82 Å². The number of phenols is 1.